The summed E-state index contributed by atoms with van der Waals surface area (Å²) in [4.78, 5) is 15.9. The number of rotatable bonds is 3. The van der Waals surface area contributed by atoms with Crippen molar-refractivity contribution in [2.45, 2.75) is 25.8 Å². The average molecular weight is 271 g/mol. The van der Waals surface area contributed by atoms with Crippen LogP contribution in [0.2, 0.25) is 0 Å². The van der Waals surface area contributed by atoms with Crippen molar-refractivity contribution in [1.82, 2.24) is 4.98 Å². The molecule has 0 unspecified atom stereocenters. The van der Waals surface area contributed by atoms with Crippen molar-refractivity contribution in [2.75, 3.05) is 5.32 Å². The first kappa shape index (κ1) is 12.7. The van der Waals surface area contributed by atoms with E-state index in [1.807, 2.05) is 37.3 Å². The summed E-state index contributed by atoms with van der Waals surface area (Å²) >= 11 is 0. The summed E-state index contributed by atoms with van der Waals surface area (Å²) in [6, 6.07) is 6.22. The number of anilines is 1. The van der Waals surface area contributed by atoms with Crippen molar-refractivity contribution in [1.29, 1.82) is 0 Å². The van der Waals surface area contributed by atoms with Crippen molar-refractivity contribution in [3.05, 3.63) is 35.9 Å². The Morgan fingerprint density at radius 3 is 3.00 bits per heavy atom. The van der Waals surface area contributed by atoms with Crippen LogP contribution in [0.4, 0.5) is 6.01 Å². The first-order valence-electron chi connectivity index (χ1n) is 6.71. The van der Waals surface area contributed by atoms with Crippen LogP contribution >= 0.6 is 0 Å². The van der Waals surface area contributed by atoms with Gasteiger partial charge in [-0.3, -0.25) is 4.79 Å². The second kappa shape index (κ2) is 5.00. The quantitative estimate of drug-likeness (QED) is 0.840. The number of nitrogens with two attached hydrogens (primary N) is 1. The molecule has 1 amide bonds. The predicted octanol–water partition coefficient (Wildman–Crippen LogP) is 2.37. The molecule has 2 atom stereocenters. The highest BCUT2D eigenvalue weighted by Crippen LogP contribution is 2.25. The van der Waals surface area contributed by atoms with E-state index in [1.54, 1.807) is 0 Å². The maximum Gasteiger partial charge on any atom is 0.295 e. The van der Waals surface area contributed by atoms with Gasteiger partial charge < -0.3 is 15.5 Å². The van der Waals surface area contributed by atoms with E-state index >= 15 is 0 Å². The predicted molar refractivity (Wildman–Crippen MR) is 77.2 cm³/mol. The number of nitrogens with one attached hydrogen (secondary N) is 1. The zero-order valence-corrected chi connectivity index (χ0v) is 11.3. The summed E-state index contributed by atoms with van der Waals surface area (Å²) in [5, 5.41) is 3.19. The lowest BCUT2D eigenvalue weighted by atomic mass is 9.88. The molecule has 5 nitrogen and oxygen atoms in total. The lowest BCUT2D eigenvalue weighted by molar-refractivity contribution is -0.122. The van der Waals surface area contributed by atoms with Crippen LogP contribution in [-0.4, -0.2) is 16.9 Å². The zero-order valence-electron chi connectivity index (χ0n) is 11.3. The van der Waals surface area contributed by atoms with Gasteiger partial charge in [0.25, 0.3) is 6.01 Å². The summed E-state index contributed by atoms with van der Waals surface area (Å²) in [5.41, 5.74) is 8.13. The van der Waals surface area contributed by atoms with Gasteiger partial charge in [0.05, 0.1) is 5.92 Å². The molecule has 0 saturated carbocycles. The van der Waals surface area contributed by atoms with Gasteiger partial charge in [-0.25, -0.2) is 0 Å². The highest BCUT2D eigenvalue weighted by atomic mass is 16.4. The molecular weight excluding hydrogens is 254 g/mol. The SMILES string of the molecule is Cc1ccc2oc(N[C@@H]3CC=CC[C@H]3C(N)=O)nc2c1. The summed E-state index contributed by atoms with van der Waals surface area (Å²) in [6.07, 6.45) is 5.44. The first-order valence-corrected chi connectivity index (χ1v) is 6.71. The van der Waals surface area contributed by atoms with Crippen LogP contribution in [0.25, 0.3) is 11.1 Å². The third kappa shape index (κ3) is 2.39. The van der Waals surface area contributed by atoms with E-state index in [0.29, 0.717) is 12.4 Å². The van der Waals surface area contributed by atoms with Gasteiger partial charge in [0.15, 0.2) is 5.58 Å². The van der Waals surface area contributed by atoms with E-state index in [9.17, 15) is 4.79 Å². The molecule has 0 radical (unpaired) electrons. The number of primary amides is 1. The maximum atomic E-state index is 11.5. The second-order valence-corrected chi connectivity index (χ2v) is 5.19. The Hall–Kier alpha value is -2.30. The number of nitrogens with zero attached hydrogens (tertiary/aromatic N) is 1. The number of hydrogen-bond donors (Lipinski definition) is 2. The van der Waals surface area contributed by atoms with Crippen LogP contribution in [0.5, 0.6) is 0 Å². The molecule has 0 fully saturated rings. The second-order valence-electron chi connectivity index (χ2n) is 5.19. The Bertz CT molecular complexity index is 675. The molecule has 104 valence electrons. The monoisotopic (exact) mass is 271 g/mol. The molecule has 1 aromatic carbocycles. The van der Waals surface area contributed by atoms with Crippen molar-refractivity contribution < 1.29 is 9.21 Å². The molecule has 3 N–H and O–H groups in total. The van der Waals surface area contributed by atoms with Crippen LogP contribution in [0.1, 0.15) is 18.4 Å². The van der Waals surface area contributed by atoms with Crippen LogP contribution < -0.4 is 11.1 Å². The van der Waals surface area contributed by atoms with Crippen LogP contribution in [-0.2, 0) is 4.79 Å². The highest BCUT2D eigenvalue weighted by Gasteiger charge is 2.28. The number of fused-ring (bicyclic) bond motifs is 1. The minimum atomic E-state index is -0.293. The normalized spacial score (nSPS) is 22.1. The minimum absolute atomic E-state index is 0.0633. The Balaban J connectivity index is 1.84. The smallest absolute Gasteiger partial charge is 0.295 e. The van der Waals surface area contributed by atoms with Crippen LogP contribution in [0, 0.1) is 12.8 Å². The number of amides is 1. The first-order chi connectivity index (χ1) is 9.63. The molecule has 0 bridgehead atoms. The molecule has 1 heterocycles. The molecule has 2 aromatic rings. The molecule has 0 spiro atoms. The van der Waals surface area contributed by atoms with Gasteiger partial charge in [0.1, 0.15) is 5.52 Å². The van der Waals surface area contributed by atoms with E-state index in [0.717, 1.165) is 23.1 Å². The van der Waals surface area contributed by atoms with Gasteiger partial charge in [0.2, 0.25) is 5.91 Å². The van der Waals surface area contributed by atoms with Gasteiger partial charge >= 0.3 is 0 Å². The molecule has 20 heavy (non-hydrogen) atoms. The molecule has 1 aromatic heterocycles. The van der Waals surface area contributed by atoms with Crippen LogP contribution in [0.3, 0.4) is 0 Å². The van der Waals surface area contributed by atoms with Gasteiger partial charge in [-0.05, 0) is 37.5 Å². The summed E-state index contributed by atoms with van der Waals surface area (Å²) in [7, 11) is 0. The highest BCUT2D eigenvalue weighted by molar-refractivity contribution is 5.79. The number of allylic oxidation sites excluding steroid dienone is 1. The van der Waals surface area contributed by atoms with Gasteiger partial charge in [-0.2, -0.15) is 4.98 Å². The molecule has 3 rings (SSSR count). The third-order valence-electron chi connectivity index (χ3n) is 3.65. The van der Waals surface area contributed by atoms with Gasteiger partial charge in [-0.15, -0.1) is 0 Å². The lowest BCUT2D eigenvalue weighted by Gasteiger charge is -2.25. The van der Waals surface area contributed by atoms with Crippen molar-refractivity contribution in [2.24, 2.45) is 11.7 Å². The number of carbonyl (C=O) groups is 1. The number of aryl methyl sites for hydroxylation is 1. The fourth-order valence-corrected chi connectivity index (χ4v) is 2.55. The van der Waals surface area contributed by atoms with Gasteiger partial charge in [-0.1, -0.05) is 18.2 Å². The van der Waals surface area contributed by atoms with Crippen molar-refractivity contribution >= 4 is 23.0 Å². The van der Waals surface area contributed by atoms with Gasteiger partial charge in [0, 0.05) is 6.04 Å². The van der Waals surface area contributed by atoms with Crippen molar-refractivity contribution in [3.63, 3.8) is 0 Å². The molecule has 0 aliphatic heterocycles. The van der Waals surface area contributed by atoms with Crippen LogP contribution in [0.15, 0.2) is 34.8 Å². The van der Waals surface area contributed by atoms with E-state index in [2.05, 4.69) is 10.3 Å². The summed E-state index contributed by atoms with van der Waals surface area (Å²) in [6.45, 7) is 2.01. The Morgan fingerprint density at radius 2 is 2.20 bits per heavy atom. The average Bonchev–Trinajstić information content (AvgIpc) is 2.80. The number of aromatic nitrogens is 1. The zero-order chi connectivity index (χ0) is 14.1. The van der Waals surface area contributed by atoms with E-state index in [-0.39, 0.29) is 17.9 Å². The van der Waals surface area contributed by atoms with E-state index < -0.39 is 0 Å². The summed E-state index contributed by atoms with van der Waals surface area (Å²) < 4.78 is 5.66. The number of hydrogen-bond acceptors (Lipinski definition) is 4. The number of benzene rings is 1. The standard InChI is InChI=1S/C15H17N3O2/c1-9-6-7-13-12(8-9)18-15(20-13)17-11-5-3-2-4-10(11)14(16)19/h2-3,6-8,10-11H,4-5H2,1H3,(H2,16,19)(H,17,18)/t10-,11-/m1/s1. The lowest BCUT2D eigenvalue weighted by Crippen LogP contribution is -2.39. The van der Waals surface area contributed by atoms with E-state index in [1.165, 1.54) is 0 Å². The Kier molecular flexibility index (Phi) is 3.18. The fourth-order valence-electron chi connectivity index (χ4n) is 2.55. The number of carbonyl (C=O) groups excluding carboxylic acids is 1. The fraction of sp³-hybridized carbons (Fsp3) is 0.333. The molecule has 1 aliphatic carbocycles. The third-order valence-corrected chi connectivity index (χ3v) is 3.65. The topological polar surface area (TPSA) is 81.1 Å². The minimum Gasteiger partial charge on any atom is -0.424 e. The molecular formula is C15H17N3O2. The Morgan fingerprint density at radius 1 is 1.40 bits per heavy atom. The molecule has 0 saturated heterocycles. The molecule has 1 aliphatic rings. The summed E-state index contributed by atoms with van der Waals surface area (Å²) in [5.74, 6) is -0.518. The largest absolute Gasteiger partial charge is 0.424 e. The van der Waals surface area contributed by atoms with Crippen molar-refractivity contribution in [3.8, 4) is 0 Å². The van der Waals surface area contributed by atoms with E-state index in [4.69, 9.17) is 10.2 Å². The Labute approximate surface area is 116 Å². The molecule has 5 heteroatoms. The number of oxazole rings is 1. The maximum absolute atomic E-state index is 11.5.